The van der Waals surface area contributed by atoms with Gasteiger partial charge in [-0.15, -0.1) is 0 Å². The minimum Gasteiger partial charge on any atom is -0.452 e. The summed E-state index contributed by atoms with van der Waals surface area (Å²) in [6.45, 7) is -0.435. The molecule has 0 atom stereocenters. The first-order valence-corrected chi connectivity index (χ1v) is 7.54. The van der Waals surface area contributed by atoms with E-state index in [0.717, 1.165) is 0 Å². The van der Waals surface area contributed by atoms with E-state index in [9.17, 15) is 9.59 Å². The van der Waals surface area contributed by atoms with Crippen LogP contribution in [-0.4, -0.2) is 23.5 Å². The fourth-order valence-corrected chi connectivity index (χ4v) is 2.27. The van der Waals surface area contributed by atoms with E-state index in [1.54, 1.807) is 18.2 Å². The Morgan fingerprint density at radius 2 is 1.96 bits per heavy atom. The number of rotatable bonds is 4. The number of carbonyl (C=O) groups is 2. The molecule has 3 aromatic rings. The second kappa shape index (κ2) is 6.90. The molecule has 0 fully saturated rings. The van der Waals surface area contributed by atoms with E-state index in [-0.39, 0.29) is 5.56 Å². The van der Waals surface area contributed by atoms with E-state index in [0.29, 0.717) is 26.8 Å². The van der Waals surface area contributed by atoms with E-state index < -0.39 is 18.5 Å². The Morgan fingerprint density at radius 1 is 1.12 bits per heavy atom. The molecule has 2 aromatic carbocycles. The van der Waals surface area contributed by atoms with Crippen molar-refractivity contribution in [2.45, 2.75) is 0 Å². The Bertz CT molecular complexity index is 923. The standard InChI is InChI=1S/C16H10Cl2N2O4/c17-11-3-2-10(6-12(11)18)20-15(21)7-23-16(22)9-1-4-14-13(5-9)19-8-24-14/h1-6,8H,7H2,(H,20,21). The summed E-state index contributed by atoms with van der Waals surface area (Å²) >= 11 is 11.7. The summed E-state index contributed by atoms with van der Waals surface area (Å²) in [6.07, 6.45) is 1.28. The zero-order valence-electron chi connectivity index (χ0n) is 12.1. The summed E-state index contributed by atoms with van der Waals surface area (Å²) in [5.41, 5.74) is 1.82. The summed E-state index contributed by atoms with van der Waals surface area (Å²) in [6, 6.07) is 9.31. The Hall–Kier alpha value is -2.57. The summed E-state index contributed by atoms with van der Waals surface area (Å²) in [7, 11) is 0. The molecule has 1 amide bonds. The lowest BCUT2D eigenvalue weighted by atomic mass is 10.2. The molecule has 8 heteroatoms. The van der Waals surface area contributed by atoms with E-state index in [1.807, 2.05) is 0 Å². The van der Waals surface area contributed by atoms with Crippen LogP contribution in [0.25, 0.3) is 11.1 Å². The molecule has 0 spiro atoms. The largest absolute Gasteiger partial charge is 0.452 e. The number of amides is 1. The van der Waals surface area contributed by atoms with Crippen LogP contribution in [0.5, 0.6) is 0 Å². The molecule has 3 rings (SSSR count). The van der Waals surface area contributed by atoms with Crippen molar-refractivity contribution in [3.63, 3.8) is 0 Å². The molecule has 122 valence electrons. The smallest absolute Gasteiger partial charge is 0.338 e. The highest BCUT2D eigenvalue weighted by Gasteiger charge is 2.12. The number of hydrogen-bond donors (Lipinski definition) is 1. The van der Waals surface area contributed by atoms with Crippen LogP contribution in [0, 0.1) is 0 Å². The van der Waals surface area contributed by atoms with Gasteiger partial charge < -0.3 is 14.5 Å². The third-order valence-electron chi connectivity index (χ3n) is 3.10. The fraction of sp³-hybridized carbons (Fsp3) is 0.0625. The zero-order valence-corrected chi connectivity index (χ0v) is 13.6. The first-order valence-electron chi connectivity index (χ1n) is 6.78. The molecule has 24 heavy (non-hydrogen) atoms. The normalized spacial score (nSPS) is 10.6. The van der Waals surface area contributed by atoms with E-state index in [4.69, 9.17) is 32.4 Å². The number of fused-ring (bicyclic) bond motifs is 1. The first-order chi connectivity index (χ1) is 11.5. The highest BCUT2D eigenvalue weighted by molar-refractivity contribution is 6.42. The van der Waals surface area contributed by atoms with Crippen LogP contribution in [0.15, 0.2) is 47.2 Å². The average molecular weight is 365 g/mol. The molecule has 0 aliphatic carbocycles. The number of benzene rings is 2. The molecule has 1 N–H and O–H groups in total. The van der Waals surface area contributed by atoms with E-state index in [1.165, 1.54) is 24.6 Å². The maximum atomic E-state index is 12.0. The second-order valence-corrected chi connectivity index (χ2v) is 5.60. The van der Waals surface area contributed by atoms with Crippen molar-refractivity contribution in [1.82, 2.24) is 4.98 Å². The number of ether oxygens (including phenoxy) is 1. The molecule has 0 saturated heterocycles. The van der Waals surface area contributed by atoms with Gasteiger partial charge in [-0.2, -0.15) is 0 Å². The lowest BCUT2D eigenvalue weighted by molar-refractivity contribution is -0.119. The number of halogens is 2. The minimum atomic E-state index is -0.635. The van der Waals surface area contributed by atoms with Gasteiger partial charge in [0.2, 0.25) is 0 Å². The van der Waals surface area contributed by atoms with Crippen molar-refractivity contribution in [1.29, 1.82) is 0 Å². The Kier molecular flexibility index (Phi) is 4.69. The van der Waals surface area contributed by atoms with Gasteiger partial charge in [0.1, 0.15) is 5.52 Å². The SMILES string of the molecule is O=C(COC(=O)c1ccc2ocnc2c1)Nc1ccc(Cl)c(Cl)c1. The predicted octanol–water partition coefficient (Wildman–Crippen LogP) is 3.93. The highest BCUT2D eigenvalue weighted by atomic mass is 35.5. The van der Waals surface area contributed by atoms with Crippen LogP contribution in [0.1, 0.15) is 10.4 Å². The lowest BCUT2D eigenvalue weighted by Gasteiger charge is -2.07. The molecule has 0 aliphatic heterocycles. The number of aromatic nitrogens is 1. The van der Waals surface area contributed by atoms with Gasteiger partial charge in [0, 0.05) is 5.69 Å². The van der Waals surface area contributed by atoms with Crippen molar-refractivity contribution < 1.29 is 18.7 Å². The molecular formula is C16H10Cl2N2O4. The predicted molar refractivity (Wildman–Crippen MR) is 89.4 cm³/mol. The third-order valence-corrected chi connectivity index (χ3v) is 3.84. The van der Waals surface area contributed by atoms with Crippen LogP contribution in [-0.2, 0) is 9.53 Å². The summed E-state index contributed by atoms with van der Waals surface area (Å²) in [5, 5.41) is 3.25. The Morgan fingerprint density at radius 3 is 2.75 bits per heavy atom. The molecule has 1 aromatic heterocycles. The molecule has 6 nitrogen and oxygen atoms in total. The number of esters is 1. The minimum absolute atomic E-state index is 0.277. The van der Waals surface area contributed by atoms with Gasteiger partial charge >= 0.3 is 5.97 Å². The number of hydrogen-bond acceptors (Lipinski definition) is 5. The van der Waals surface area contributed by atoms with Gasteiger partial charge in [-0.05, 0) is 36.4 Å². The topological polar surface area (TPSA) is 81.4 Å². The molecule has 1 heterocycles. The number of nitrogens with zero attached hydrogens (tertiary/aromatic N) is 1. The van der Waals surface area contributed by atoms with Crippen LogP contribution < -0.4 is 5.32 Å². The van der Waals surface area contributed by atoms with Crippen molar-refractivity contribution >= 4 is 51.9 Å². The number of carbonyl (C=O) groups excluding carboxylic acids is 2. The van der Waals surface area contributed by atoms with Gasteiger partial charge in [-0.3, -0.25) is 4.79 Å². The molecule has 0 aliphatic rings. The number of anilines is 1. The lowest BCUT2D eigenvalue weighted by Crippen LogP contribution is -2.20. The summed E-state index contributed by atoms with van der Waals surface area (Å²) in [5.74, 6) is -1.13. The monoisotopic (exact) mass is 364 g/mol. The fourth-order valence-electron chi connectivity index (χ4n) is 1.97. The van der Waals surface area contributed by atoms with Gasteiger partial charge in [-0.1, -0.05) is 23.2 Å². The molecule has 0 unspecified atom stereocenters. The summed E-state index contributed by atoms with van der Waals surface area (Å²) < 4.78 is 10.1. The molecular weight excluding hydrogens is 355 g/mol. The van der Waals surface area contributed by atoms with Gasteiger partial charge in [0.25, 0.3) is 5.91 Å². The number of oxazole rings is 1. The average Bonchev–Trinajstić information content (AvgIpc) is 3.03. The van der Waals surface area contributed by atoms with Crippen molar-refractivity contribution in [2.24, 2.45) is 0 Å². The van der Waals surface area contributed by atoms with Gasteiger partial charge in [0.05, 0.1) is 15.6 Å². The highest BCUT2D eigenvalue weighted by Crippen LogP contribution is 2.25. The maximum Gasteiger partial charge on any atom is 0.338 e. The number of nitrogens with one attached hydrogen (secondary N) is 1. The van der Waals surface area contributed by atoms with Crippen LogP contribution in [0.4, 0.5) is 5.69 Å². The first kappa shape index (κ1) is 16.3. The van der Waals surface area contributed by atoms with E-state index >= 15 is 0 Å². The van der Waals surface area contributed by atoms with E-state index in [2.05, 4.69) is 10.3 Å². The Labute approximate surface area is 146 Å². The van der Waals surface area contributed by atoms with Crippen LogP contribution in [0.2, 0.25) is 10.0 Å². The quantitative estimate of drug-likeness (QED) is 0.709. The molecule has 0 saturated carbocycles. The third kappa shape index (κ3) is 3.67. The molecule has 0 bridgehead atoms. The second-order valence-electron chi connectivity index (χ2n) is 4.79. The van der Waals surface area contributed by atoms with Crippen molar-refractivity contribution in [3.8, 4) is 0 Å². The zero-order chi connectivity index (χ0) is 17.1. The molecule has 0 radical (unpaired) electrons. The Balaban J connectivity index is 1.58. The van der Waals surface area contributed by atoms with Crippen LogP contribution in [0.3, 0.4) is 0 Å². The maximum absolute atomic E-state index is 12.0. The van der Waals surface area contributed by atoms with Gasteiger partial charge in [-0.25, -0.2) is 9.78 Å². The van der Waals surface area contributed by atoms with Crippen molar-refractivity contribution in [3.05, 3.63) is 58.4 Å². The van der Waals surface area contributed by atoms with Crippen LogP contribution >= 0.6 is 23.2 Å². The van der Waals surface area contributed by atoms with Crippen molar-refractivity contribution in [2.75, 3.05) is 11.9 Å². The summed E-state index contributed by atoms with van der Waals surface area (Å²) in [4.78, 5) is 27.7. The van der Waals surface area contributed by atoms with Gasteiger partial charge in [0.15, 0.2) is 18.6 Å².